The van der Waals surface area contributed by atoms with Crippen LogP contribution in [-0.4, -0.2) is 20.9 Å². The lowest BCUT2D eigenvalue weighted by Crippen LogP contribution is -2.56. The number of carbonyl (C=O) groups excluding carboxylic acids is 1. The quantitative estimate of drug-likeness (QED) is 0.715. The number of hydrogen-bond donors (Lipinski definition) is 2. The van der Waals surface area contributed by atoms with Gasteiger partial charge in [-0.15, -0.1) is 0 Å². The van der Waals surface area contributed by atoms with Crippen LogP contribution < -0.4 is 10.9 Å². The third-order valence-corrected chi connectivity index (χ3v) is 4.60. The summed E-state index contributed by atoms with van der Waals surface area (Å²) in [5, 5.41) is 0.782. The zero-order chi connectivity index (χ0) is 17.3. The molecular formula is C18H16FN5O. The number of nitrogens with zero attached hydrogens (tertiary/aromatic N) is 3. The predicted molar refractivity (Wildman–Crippen MR) is 89.9 cm³/mol. The van der Waals surface area contributed by atoms with E-state index in [0.29, 0.717) is 24.1 Å². The highest BCUT2D eigenvalue weighted by Crippen LogP contribution is 2.40. The van der Waals surface area contributed by atoms with E-state index in [-0.39, 0.29) is 11.7 Å². The second-order valence-corrected chi connectivity index (χ2v) is 6.14. The van der Waals surface area contributed by atoms with Crippen LogP contribution in [0.15, 0.2) is 49.1 Å². The Morgan fingerprint density at radius 2 is 2.08 bits per heavy atom. The summed E-state index contributed by atoms with van der Waals surface area (Å²) in [7, 11) is 0. The van der Waals surface area contributed by atoms with Gasteiger partial charge in [0.25, 0.3) is 5.91 Å². The van der Waals surface area contributed by atoms with Crippen LogP contribution >= 0.6 is 0 Å². The van der Waals surface area contributed by atoms with Crippen molar-refractivity contribution < 1.29 is 9.18 Å². The Kier molecular flexibility index (Phi) is 3.85. The molecule has 7 heteroatoms. The summed E-state index contributed by atoms with van der Waals surface area (Å²) in [6.45, 7) is 0. The fraction of sp³-hybridized carbons (Fsp3) is 0.222. The van der Waals surface area contributed by atoms with E-state index in [1.807, 2.05) is 0 Å². The molecule has 0 radical (unpaired) electrons. The van der Waals surface area contributed by atoms with Gasteiger partial charge in [0, 0.05) is 23.3 Å². The number of hydrazine groups is 1. The van der Waals surface area contributed by atoms with E-state index in [2.05, 4.69) is 25.8 Å². The molecule has 1 fully saturated rings. The fourth-order valence-corrected chi connectivity index (χ4v) is 3.06. The number of halogens is 1. The van der Waals surface area contributed by atoms with Gasteiger partial charge in [0.1, 0.15) is 12.1 Å². The van der Waals surface area contributed by atoms with Crippen molar-refractivity contribution in [3.05, 3.63) is 66.1 Å². The normalized spacial score (nSPS) is 15.6. The van der Waals surface area contributed by atoms with Gasteiger partial charge in [0.05, 0.1) is 16.7 Å². The molecule has 1 aromatic carbocycles. The maximum Gasteiger partial charge on any atom is 0.265 e. The summed E-state index contributed by atoms with van der Waals surface area (Å²) in [5.41, 5.74) is 6.63. The molecule has 1 aliphatic carbocycles. The Morgan fingerprint density at radius 3 is 2.84 bits per heavy atom. The molecule has 0 aliphatic heterocycles. The highest BCUT2D eigenvalue weighted by molar-refractivity contribution is 5.97. The summed E-state index contributed by atoms with van der Waals surface area (Å²) >= 11 is 0. The maximum atomic E-state index is 14.1. The van der Waals surface area contributed by atoms with Crippen molar-refractivity contribution in [2.45, 2.75) is 24.8 Å². The van der Waals surface area contributed by atoms with Gasteiger partial charge in [0.15, 0.2) is 0 Å². The lowest BCUT2D eigenvalue weighted by Gasteiger charge is -2.42. The number of amides is 1. The molecule has 2 heterocycles. The zero-order valence-electron chi connectivity index (χ0n) is 13.4. The third-order valence-electron chi connectivity index (χ3n) is 4.60. The number of rotatable bonds is 4. The van der Waals surface area contributed by atoms with E-state index < -0.39 is 5.54 Å². The molecule has 2 aromatic heterocycles. The second kappa shape index (κ2) is 6.18. The number of benzene rings is 1. The van der Waals surface area contributed by atoms with E-state index >= 15 is 0 Å². The molecule has 1 amide bonds. The van der Waals surface area contributed by atoms with Gasteiger partial charge in [-0.3, -0.25) is 15.2 Å². The van der Waals surface area contributed by atoms with Crippen LogP contribution in [0.25, 0.3) is 10.9 Å². The van der Waals surface area contributed by atoms with Gasteiger partial charge < -0.3 is 0 Å². The van der Waals surface area contributed by atoms with E-state index in [9.17, 15) is 9.18 Å². The van der Waals surface area contributed by atoms with Crippen molar-refractivity contribution in [3.8, 4) is 0 Å². The molecule has 2 N–H and O–H groups in total. The average molecular weight is 337 g/mol. The first kappa shape index (κ1) is 15.6. The number of pyridine rings is 1. The second-order valence-electron chi connectivity index (χ2n) is 6.14. The van der Waals surface area contributed by atoms with Crippen LogP contribution in [0, 0.1) is 5.82 Å². The van der Waals surface area contributed by atoms with Crippen molar-refractivity contribution in [1.29, 1.82) is 0 Å². The van der Waals surface area contributed by atoms with Crippen molar-refractivity contribution in [3.63, 3.8) is 0 Å². The Morgan fingerprint density at radius 1 is 1.20 bits per heavy atom. The number of nitrogens with one attached hydrogen (secondary N) is 2. The average Bonchev–Trinajstić information content (AvgIpc) is 2.61. The van der Waals surface area contributed by atoms with Crippen LogP contribution in [-0.2, 0) is 5.54 Å². The van der Waals surface area contributed by atoms with Crippen molar-refractivity contribution in [2.75, 3.05) is 0 Å². The first-order valence-electron chi connectivity index (χ1n) is 8.06. The SMILES string of the molecule is O=C(NNC1(c2ncccc2F)CCC1)c1ccc2ncncc2c1. The molecule has 3 aromatic rings. The van der Waals surface area contributed by atoms with Crippen LogP contribution in [0.1, 0.15) is 35.3 Å². The van der Waals surface area contributed by atoms with Gasteiger partial charge in [-0.05, 0) is 49.6 Å². The third kappa shape index (κ3) is 2.83. The topological polar surface area (TPSA) is 79.8 Å². The van der Waals surface area contributed by atoms with Gasteiger partial charge in [-0.1, -0.05) is 0 Å². The minimum Gasteiger partial charge on any atom is -0.287 e. The minimum absolute atomic E-state index is 0.298. The van der Waals surface area contributed by atoms with Crippen molar-refractivity contribution in [2.24, 2.45) is 0 Å². The van der Waals surface area contributed by atoms with Crippen LogP contribution in [0.4, 0.5) is 4.39 Å². The number of fused-ring (bicyclic) bond motifs is 1. The smallest absolute Gasteiger partial charge is 0.265 e. The Bertz CT molecular complexity index is 941. The summed E-state index contributed by atoms with van der Waals surface area (Å²) in [5.74, 6) is -0.667. The van der Waals surface area contributed by atoms with Gasteiger partial charge >= 0.3 is 0 Å². The van der Waals surface area contributed by atoms with Gasteiger partial charge in [0.2, 0.25) is 0 Å². The highest BCUT2D eigenvalue weighted by atomic mass is 19.1. The van der Waals surface area contributed by atoms with Crippen LogP contribution in [0.2, 0.25) is 0 Å². The maximum absolute atomic E-state index is 14.1. The molecular weight excluding hydrogens is 321 g/mol. The lowest BCUT2D eigenvalue weighted by molar-refractivity contribution is 0.0836. The Hall–Kier alpha value is -2.93. The summed E-state index contributed by atoms with van der Waals surface area (Å²) in [4.78, 5) is 24.7. The van der Waals surface area contributed by atoms with Gasteiger partial charge in [-0.2, -0.15) is 0 Å². The first-order valence-corrected chi connectivity index (χ1v) is 8.06. The number of carbonyl (C=O) groups is 1. The molecule has 0 unspecified atom stereocenters. The van der Waals surface area contributed by atoms with E-state index in [1.165, 1.54) is 12.4 Å². The summed E-state index contributed by atoms with van der Waals surface area (Å²) in [6, 6.07) is 8.13. The predicted octanol–water partition coefficient (Wildman–Crippen LogP) is 2.48. The summed E-state index contributed by atoms with van der Waals surface area (Å²) < 4.78 is 14.1. The molecule has 0 saturated heterocycles. The summed E-state index contributed by atoms with van der Waals surface area (Å²) in [6.07, 6.45) is 7.06. The number of hydrogen-bond acceptors (Lipinski definition) is 5. The largest absolute Gasteiger partial charge is 0.287 e. The fourth-order valence-electron chi connectivity index (χ4n) is 3.06. The standard InChI is InChI=1S/C18H16FN5O/c19-14-3-1-8-21-16(14)18(6-2-7-18)24-23-17(25)12-4-5-15-13(9-12)10-20-11-22-15/h1,3-5,8-11,24H,2,6-7H2,(H,23,25). The van der Waals surface area contributed by atoms with Crippen LogP contribution in [0.3, 0.4) is 0 Å². The molecule has 0 bridgehead atoms. The highest BCUT2D eigenvalue weighted by Gasteiger charge is 2.42. The van der Waals surface area contributed by atoms with Crippen LogP contribution in [0.5, 0.6) is 0 Å². The molecule has 1 aliphatic rings. The van der Waals surface area contributed by atoms with E-state index in [0.717, 1.165) is 17.3 Å². The minimum atomic E-state index is -0.652. The number of aromatic nitrogens is 3. The lowest BCUT2D eigenvalue weighted by atomic mass is 9.74. The van der Waals surface area contributed by atoms with E-state index in [1.54, 1.807) is 36.7 Å². The molecule has 0 atom stereocenters. The Balaban J connectivity index is 1.53. The molecule has 4 rings (SSSR count). The molecule has 0 spiro atoms. The molecule has 25 heavy (non-hydrogen) atoms. The van der Waals surface area contributed by atoms with Gasteiger partial charge in [-0.25, -0.2) is 19.8 Å². The van der Waals surface area contributed by atoms with Crippen molar-refractivity contribution >= 4 is 16.8 Å². The van der Waals surface area contributed by atoms with E-state index in [4.69, 9.17) is 0 Å². The monoisotopic (exact) mass is 337 g/mol. The molecule has 126 valence electrons. The first-order chi connectivity index (χ1) is 12.2. The molecule has 1 saturated carbocycles. The Labute approximate surface area is 143 Å². The molecule has 6 nitrogen and oxygen atoms in total. The zero-order valence-corrected chi connectivity index (χ0v) is 13.4. The van der Waals surface area contributed by atoms with Crippen molar-refractivity contribution in [1.82, 2.24) is 25.8 Å².